The summed E-state index contributed by atoms with van der Waals surface area (Å²) in [6.07, 6.45) is 4.17. The van der Waals surface area contributed by atoms with Crippen molar-refractivity contribution < 1.29 is 8.42 Å². The number of aromatic nitrogens is 1. The number of anilines is 1. The molecular weight excluding hydrogens is 252 g/mol. The predicted octanol–water partition coefficient (Wildman–Crippen LogP) is 0.834. The molecule has 0 radical (unpaired) electrons. The minimum atomic E-state index is -3.47. The van der Waals surface area contributed by atoms with Crippen LogP contribution in [-0.4, -0.2) is 19.4 Å². The van der Waals surface area contributed by atoms with Crippen LogP contribution in [0.4, 0.5) is 5.82 Å². The van der Waals surface area contributed by atoms with Gasteiger partial charge in [0, 0.05) is 12.2 Å². The Balaban J connectivity index is 2.10. The maximum atomic E-state index is 12.1. The lowest BCUT2D eigenvalue weighted by atomic mass is 10.1. The molecular formula is C11H18N4O2S. The predicted molar refractivity (Wildman–Crippen MR) is 69.2 cm³/mol. The maximum absolute atomic E-state index is 12.1. The number of nitrogens with two attached hydrogens (primary N) is 1. The SMILES string of the molecule is CC1CCC(NS(=O)(=O)c2ccc(NN)nc2)C1. The molecule has 0 spiro atoms. The van der Waals surface area contributed by atoms with Crippen LogP contribution in [0, 0.1) is 5.92 Å². The first-order chi connectivity index (χ1) is 8.51. The molecule has 0 aromatic carbocycles. The Bertz CT molecular complexity index is 500. The lowest BCUT2D eigenvalue weighted by molar-refractivity contribution is 0.538. The number of nitrogens with one attached hydrogen (secondary N) is 2. The van der Waals surface area contributed by atoms with Crippen molar-refractivity contribution in [3.63, 3.8) is 0 Å². The minimum absolute atomic E-state index is 0.0392. The third-order valence-electron chi connectivity index (χ3n) is 3.21. The summed E-state index contributed by atoms with van der Waals surface area (Å²) in [4.78, 5) is 4.07. The van der Waals surface area contributed by atoms with E-state index in [1.54, 1.807) is 0 Å². The van der Waals surface area contributed by atoms with Gasteiger partial charge in [-0.05, 0) is 37.3 Å². The Morgan fingerprint density at radius 2 is 2.17 bits per heavy atom. The number of nitrogens with zero attached hydrogens (tertiary/aromatic N) is 1. The lowest BCUT2D eigenvalue weighted by Crippen LogP contribution is -2.33. The van der Waals surface area contributed by atoms with E-state index in [1.165, 1.54) is 18.3 Å². The first-order valence-corrected chi connectivity index (χ1v) is 7.44. The smallest absolute Gasteiger partial charge is 0.242 e. The molecule has 2 atom stereocenters. The van der Waals surface area contributed by atoms with Crippen molar-refractivity contribution >= 4 is 15.8 Å². The van der Waals surface area contributed by atoms with E-state index in [-0.39, 0.29) is 10.9 Å². The van der Waals surface area contributed by atoms with Crippen LogP contribution in [0.2, 0.25) is 0 Å². The molecule has 1 fully saturated rings. The number of hydrogen-bond acceptors (Lipinski definition) is 5. The van der Waals surface area contributed by atoms with Crippen LogP contribution >= 0.6 is 0 Å². The van der Waals surface area contributed by atoms with E-state index in [1.807, 2.05) is 0 Å². The second kappa shape index (κ2) is 5.21. The van der Waals surface area contributed by atoms with Crippen molar-refractivity contribution in [2.45, 2.75) is 37.1 Å². The van der Waals surface area contributed by atoms with Gasteiger partial charge in [-0.15, -0.1) is 0 Å². The van der Waals surface area contributed by atoms with Crippen LogP contribution in [-0.2, 0) is 10.0 Å². The van der Waals surface area contributed by atoms with Gasteiger partial charge in [0.15, 0.2) is 0 Å². The van der Waals surface area contributed by atoms with Gasteiger partial charge in [-0.1, -0.05) is 6.92 Å². The molecule has 1 aliphatic rings. The summed E-state index contributed by atoms with van der Waals surface area (Å²) >= 11 is 0. The highest BCUT2D eigenvalue weighted by Crippen LogP contribution is 2.26. The maximum Gasteiger partial charge on any atom is 0.242 e. The Hall–Kier alpha value is -1.18. The second-order valence-electron chi connectivity index (χ2n) is 4.76. The molecule has 100 valence electrons. The molecule has 4 N–H and O–H groups in total. The van der Waals surface area contributed by atoms with Crippen LogP contribution in [0.3, 0.4) is 0 Å². The fourth-order valence-electron chi connectivity index (χ4n) is 2.23. The fourth-order valence-corrected chi connectivity index (χ4v) is 3.45. The van der Waals surface area contributed by atoms with E-state index in [0.717, 1.165) is 19.3 Å². The van der Waals surface area contributed by atoms with Crippen molar-refractivity contribution in [2.75, 3.05) is 5.43 Å². The summed E-state index contributed by atoms with van der Waals surface area (Å²) in [5.74, 6) is 6.20. The van der Waals surface area contributed by atoms with E-state index in [0.29, 0.717) is 11.7 Å². The molecule has 0 saturated heterocycles. The average Bonchev–Trinajstić information content (AvgIpc) is 2.74. The lowest BCUT2D eigenvalue weighted by Gasteiger charge is -2.12. The van der Waals surface area contributed by atoms with Gasteiger partial charge in [0.05, 0.1) is 0 Å². The van der Waals surface area contributed by atoms with Crippen LogP contribution in [0.1, 0.15) is 26.2 Å². The topological polar surface area (TPSA) is 97.1 Å². The molecule has 1 aliphatic carbocycles. The molecule has 0 amide bonds. The fraction of sp³-hybridized carbons (Fsp3) is 0.545. The standard InChI is InChI=1S/C11H18N4O2S/c1-8-2-3-9(6-8)15-18(16,17)10-4-5-11(14-12)13-7-10/h4-5,7-9,15H,2-3,6,12H2,1H3,(H,13,14). The molecule has 1 saturated carbocycles. The molecule has 1 heterocycles. The normalized spacial score (nSPS) is 24.1. The third kappa shape index (κ3) is 2.98. The van der Waals surface area contributed by atoms with Gasteiger partial charge in [0.25, 0.3) is 0 Å². The van der Waals surface area contributed by atoms with Crippen LogP contribution in [0.5, 0.6) is 0 Å². The zero-order valence-electron chi connectivity index (χ0n) is 10.3. The minimum Gasteiger partial charge on any atom is -0.308 e. The summed E-state index contributed by atoms with van der Waals surface area (Å²) in [6.45, 7) is 2.14. The number of nitrogen functional groups attached to an aromatic ring is 1. The number of sulfonamides is 1. The van der Waals surface area contributed by atoms with E-state index >= 15 is 0 Å². The molecule has 1 aromatic rings. The van der Waals surface area contributed by atoms with Gasteiger partial charge in [-0.2, -0.15) is 0 Å². The van der Waals surface area contributed by atoms with Crippen molar-refractivity contribution in [3.05, 3.63) is 18.3 Å². The summed E-state index contributed by atoms with van der Waals surface area (Å²) in [5, 5.41) is 0. The zero-order valence-corrected chi connectivity index (χ0v) is 11.1. The molecule has 18 heavy (non-hydrogen) atoms. The average molecular weight is 270 g/mol. The van der Waals surface area contributed by atoms with Gasteiger partial charge in [0.1, 0.15) is 10.7 Å². The third-order valence-corrected chi connectivity index (χ3v) is 4.72. The van der Waals surface area contributed by atoms with Crippen LogP contribution in [0.25, 0.3) is 0 Å². The first-order valence-electron chi connectivity index (χ1n) is 5.96. The Morgan fingerprint density at radius 3 is 2.67 bits per heavy atom. The molecule has 0 aliphatic heterocycles. The molecule has 0 bridgehead atoms. The summed E-state index contributed by atoms with van der Waals surface area (Å²) in [6, 6.07) is 3.06. The summed E-state index contributed by atoms with van der Waals surface area (Å²) < 4.78 is 26.9. The van der Waals surface area contributed by atoms with Gasteiger partial charge in [0.2, 0.25) is 10.0 Å². The largest absolute Gasteiger partial charge is 0.308 e. The van der Waals surface area contributed by atoms with Crippen molar-refractivity contribution in [1.82, 2.24) is 9.71 Å². The summed E-state index contributed by atoms with van der Waals surface area (Å²) in [5.41, 5.74) is 2.36. The summed E-state index contributed by atoms with van der Waals surface area (Å²) in [7, 11) is -3.47. The van der Waals surface area contributed by atoms with Crippen LogP contribution in [0.15, 0.2) is 23.2 Å². The van der Waals surface area contributed by atoms with E-state index in [4.69, 9.17) is 5.84 Å². The zero-order chi connectivity index (χ0) is 13.2. The van der Waals surface area contributed by atoms with E-state index in [9.17, 15) is 8.42 Å². The van der Waals surface area contributed by atoms with E-state index in [2.05, 4.69) is 22.1 Å². The Kier molecular flexibility index (Phi) is 3.84. The molecule has 1 aromatic heterocycles. The van der Waals surface area contributed by atoms with Crippen LogP contribution < -0.4 is 16.0 Å². The monoisotopic (exact) mass is 270 g/mol. The van der Waals surface area contributed by atoms with Gasteiger partial charge < -0.3 is 5.43 Å². The van der Waals surface area contributed by atoms with E-state index < -0.39 is 10.0 Å². The van der Waals surface area contributed by atoms with Crippen molar-refractivity contribution in [2.24, 2.45) is 11.8 Å². The number of hydrazine groups is 1. The molecule has 2 rings (SSSR count). The highest BCUT2D eigenvalue weighted by Gasteiger charge is 2.26. The van der Waals surface area contributed by atoms with Crippen molar-refractivity contribution in [3.8, 4) is 0 Å². The number of hydrogen-bond donors (Lipinski definition) is 3. The molecule has 2 unspecified atom stereocenters. The highest BCUT2D eigenvalue weighted by atomic mass is 32.2. The number of rotatable bonds is 4. The van der Waals surface area contributed by atoms with Crippen molar-refractivity contribution in [1.29, 1.82) is 0 Å². The second-order valence-corrected chi connectivity index (χ2v) is 6.47. The first kappa shape index (κ1) is 13.3. The number of pyridine rings is 1. The highest BCUT2D eigenvalue weighted by molar-refractivity contribution is 7.89. The molecule has 7 heteroatoms. The van der Waals surface area contributed by atoms with Gasteiger partial charge in [-0.3, -0.25) is 0 Å². The van der Waals surface area contributed by atoms with Gasteiger partial charge >= 0.3 is 0 Å². The Morgan fingerprint density at radius 1 is 1.39 bits per heavy atom. The Labute approximate surface area is 107 Å². The quantitative estimate of drug-likeness (QED) is 0.556. The van der Waals surface area contributed by atoms with Gasteiger partial charge in [-0.25, -0.2) is 24.0 Å². The molecule has 6 nitrogen and oxygen atoms in total.